The Balaban J connectivity index is 2.07. The lowest BCUT2D eigenvalue weighted by molar-refractivity contribution is 0.321. The van der Waals surface area contributed by atoms with Crippen molar-refractivity contribution in [2.24, 2.45) is 5.92 Å². The molecule has 1 aliphatic rings. The Morgan fingerprint density at radius 1 is 1.44 bits per heavy atom. The van der Waals surface area contributed by atoms with E-state index in [-0.39, 0.29) is 0 Å². The molecular formula is C15H23BrN2. The fourth-order valence-electron chi connectivity index (χ4n) is 2.43. The largest absolute Gasteiger partial charge is 0.374 e. The molecule has 100 valence electrons. The number of hydrogen-bond donors (Lipinski definition) is 1. The van der Waals surface area contributed by atoms with Crippen molar-refractivity contribution >= 4 is 21.6 Å². The van der Waals surface area contributed by atoms with E-state index in [1.807, 2.05) is 7.05 Å². The van der Waals surface area contributed by atoms with Gasteiger partial charge in [-0.05, 0) is 50.4 Å². The van der Waals surface area contributed by atoms with Gasteiger partial charge in [-0.3, -0.25) is 0 Å². The number of benzene rings is 1. The van der Waals surface area contributed by atoms with Crippen molar-refractivity contribution in [2.75, 3.05) is 25.5 Å². The highest BCUT2D eigenvalue weighted by Crippen LogP contribution is 2.31. The third-order valence-corrected chi connectivity index (χ3v) is 4.77. The molecule has 2 rings (SSSR count). The molecule has 3 heteroatoms. The van der Waals surface area contributed by atoms with Crippen LogP contribution >= 0.6 is 15.9 Å². The maximum absolute atomic E-state index is 3.69. The van der Waals surface area contributed by atoms with E-state index in [4.69, 9.17) is 0 Å². The number of anilines is 1. The number of hydrogen-bond acceptors (Lipinski definition) is 2. The monoisotopic (exact) mass is 310 g/mol. The predicted octanol–water partition coefficient (Wildman–Crippen LogP) is 3.97. The molecule has 1 atom stereocenters. The van der Waals surface area contributed by atoms with Gasteiger partial charge in [0, 0.05) is 29.8 Å². The zero-order valence-electron chi connectivity index (χ0n) is 11.5. The SMILES string of the molecule is CNC(C)c1ccc(N(C)CC2CCC2)cc1Br. The molecule has 0 aliphatic heterocycles. The van der Waals surface area contributed by atoms with E-state index in [2.05, 4.69) is 58.3 Å². The molecule has 2 nitrogen and oxygen atoms in total. The van der Waals surface area contributed by atoms with Crippen LogP contribution in [0.1, 0.15) is 37.8 Å². The van der Waals surface area contributed by atoms with Gasteiger partial charge in [0.15, 0.2) is 0 Å². The van der Waals surface area contributed by atoms with Crippen LogP contribution in [0, 0.1) is 5.92 Å². The second kappa shape index (κ2) is 6.07. The highest BCUT2D eigenvalue weighted by molar-refractivity contribution is 9.10. The normalized spacial score (nSPS) is 17.3. The summed E-state index contributed by atoms with van der Waals surface area (Å²) in [4.78, 5) is 2.38. The lowest BCUT2D eigenvalue weighted by Gasteiger charge is -2.31. The van der Waals surface area contributed by atoms with Crippen molar-refractivity contribution in [2.45, 2.75) is 32.2 Å². The number of nitrogens with one attached hydrogen (secondary N) is 1. The number of halogens is 1. The smallest absolute Gasteiger partial charge is 0.0375 e. The molecule has 1 aliphatic carbocycles. The summed E-state index contributed by atoms with van der Waals surface area (Å²) in [6.45, 7) is 3.37. The molecule has 1 saturated carbocycles. The number of rotatable bonds is 5. The highest BCUT2D eigenvalue weighted by atomic mass is 79.9. The van der Waals surface area contributed by atoms with Crippen molar-refractivity contribution in [3.8, 4) is 0 Å². The maximum atomic E-state index is 3.69. The zero-order valence-corrected chi connectivity index (χ0v) is 13.1. The van der Waals surface area contributed by atoms with Crippen molar-refractivity contribution in [1.82, 2.24) is 5.32 Å². The van der Waals surface area contributed by atoms with Gasteiger partial charge in [0.05, 0.1) is 0 Å². The number of nitrogens with zero attached hydrogens (tertiary/aromatic N) is 1. The minimum atomic E-state index is 0.380. The molecule has 0 saturated heterocycles. The first kappa shape index (κ1) is 13.9. The highest BCUT2D eigenvalue weighted by Gasteiger charge is 2.19. The minimum Gasteiger partial charge on any atom is -0.374 e. The first-order valence-corrected chi connectivity index (χ1v) is 7.59. The zero-order chi connectivity index (χ0) is 13.1. The van der Waals surface area contributed by atoms with Crippen molar-refractivity contribution in [3.63, 3.8) is 0 Å². The standard InChI is InChI=1S/C15H23BrN2/c1-11(17-2)14-8-7-13(9-15(14)16)18(3)10-12-5-4-6-12/h7-9,11-12,17H,4-6,10H2,1-3H3. The van der Waals surface area contributed by atoms with Crippen LogP contribution in [0.4, 0.5) is 5.69 Å². The Labute approximate surface area is 119 Å². The molecule has 1 fully saturated rings. The summed E-state index contributed by atoms with van der Waals surface area (Å²) in [5, 5.41) is 3.28. The summed E-state index contributed by atoms with van der Waals surface area (Å²) < 4.78 is 1.20. The van der Waals surface area contributed by atoms with Crippen LogP contribution in [0.2, 0.25) is 0 Å². The molecule has 0 aromatic heterocycles. The third-order valence-electron chi connectivity index (χ3n) is 4.08. The van der Waals surface area contributed by atoms with Gasteiger partial charge in [0.2, 0.25) is 0 Å². The van der Waals surface area contributed by atoms with E-state index in [0.717, 1.165) is 5.92 Å². The second-order valence-electron chi connectivity index (χ2n) is 5.39. The van der Waals surface area contributed by atoms with E-state index >= 15 is 0 Å². The maximum Gasteiger partial charge on any atom is 0.0375 e. The fraction of sp³-hybridized carbons (Fsp3) is 0.600. The van der Waals surface area contributed by atoms with Crippen LogP contribution < -0.4 is 10.2 Å². The molecular weight excluding hydrogens is 288 g/mol. The van der Waals surface area contributed by atoms with Crippen molar-refractivity contribution in [1.29, 1.82) is 0 Å². The van der Waals surface area contributed by atoms with Gasteiger partial charge in [-0.15, -0.1) is 0 Å². The van der Waals surface area contributed by atoms with E-state index in [9.17, 15) is 0 Å². The summed E-state index contributed by atoms with van der Waals surface area (Å²) >= 11 is 3.69. The van der Waals surface area contributed by atoms with Gasteiger partial charge >= 0.3 is 0 Å². The van der Waals surface area contributed by atoms with Crippen LogP contribution in [0.3, 0.4) is 0 Å². The minimum absolute atomic E-state index is 0.380. The molecule has 1 aromatic rings. The first-order chi connectivity index (χ1) is 8.61. The predicted molar refractivity (Wildman–Crippen MR) is 82.2 cm³/mol. The Morgan fingerprint density at radius 2 is 2.17 bits per heavy atom. The van der Waals surface area contributed by atoms with Gasteiger partial charge in [0.1, 0.15) is 0 Å². The van der Waals surface area contributed by atoms with E-state index in [1.54, 1.807) is 0 Å². The lowest BCUT2D eigenvalue weighted by Crippen LogP contribution is -2.29. The van der Waals surface area contributed by atoms with Gasteiger partial charge in [0.25, 0.3) is 0 Å². The average Bonchev–Trinajstić information content (AvgIpc) is 2.32. The van der Waals surface area contributed by atoms with E-state index in [0.29, 0.717) is 6.04 Å². The fourth-order valence-corrected chi connectivity index (χ4v) is 3.14. The van der Waals surface area contributed by atoms with Gasteiger partial charge in [-0.25, -0.2) is 0 Å². The van der Waals surface area contributed by atoms with Gasteiger partial charge < -0.3 is 10.2 Å². The average molecular weight is 311 g/mol. The first-order valence-electron chi connectivity index (χ1n) is 6.79. The van der Waals surface area contributed by atoms with Crippen LogP contribution in [-0.4, -0.2) is 20.6 Å². The molecule has 1 N–H and O–H groups in total. The summed E-state index contributed by atoms with van der Waals surface area (Å²) in [5.74, 6) is 0.907. The Hall–Kier alpha value is -0.540. The summed E-state index contributed by atoms with van der Waals surface area (Å²) in [7, 11) is 4.19. The van der Waals surface area contributed by atoms with Crippen LogP contribution in [0.15, 0.2) is 22.7 Å². The Morgan fingerprint density at radius 3 is 2.67 bits per heavy atom. The Kier molecular flexibility index (Phi) is 4.68. The molecule has 0 radical (unpaired) electrons. The topological polar surface area (TPSA) is 15.3 Å². The quantitative estimate of drug-likeness (QED) is 0.885. The molecule has 1 aromatic carbocycles. The summed E-state index contributed by atoms with van der Waals surface area (Å²) in [5.41, 5.74) is 2.62. The molecule has 0 spiro atoms. The second-order valence-corrected chi connectivity index (χ2v) is 6.25. The third kappa shape index (κ3) is 3.07. The lowest BCUT2D eigenvalue weighted by atomic mass is 9.85. The molecule has 1 unspecified atom stereocenters. The molecule has 0 amide bonds. The van der Waals surface area contributed by atoms with E-state index < -0.39 is 0 Å². The van der Waals surface area contributed by atoms with Crippen LogP contribution in [0.5, 0.6) is 0 Å². The summed E-state index contributed by atoms with van der Waals surface area (Å²) in [6.07, 6.45) is 4.22. The van der Waals surface area contributed by atoms with Gasteiger partial charge in [-0.2, -0.15) is 0 Å². The van der Waals surface area contributed by atoms with Crippen LogP contribution in [0.25, 0.3) is 0 Å². The molecule has 0 bridgehead atoms. The van der Waals surface area contributed by atoms with Gasteiger partial charge in [-0.1, -0.05) is 28.4 Å². The molecule has 18 heavy (non-hydrogen) atoms. The van der Waals surface area contributed by atoms with Crippen molar-refractivity contribution < 1.29 is 0 Å². The van der Waals surface area contributed by atoms with E-state index in [1.165, 1.54) is 41.5 Å². The van der Waals surface area contributed by atoms with Crippen LogP contribution in [-0.2, 0) is 0 Å². The summed E-state index contributed by atoms with van der Waals surface area (Å²) in [6, 6.07) is 7.07. The van der Waals surface area contributed by atoms with Crippen molar-refractivity contribution in [3.05, 3.63) is 28.2 Å². The molecule has 0 heterocycles. The Bertz CT molecular complexity index is 401.